The summed E-state index contributed by atoms with van der Waals surface area (Å²) in [5.41, 5.74) is 6.48. The van der Waals surface area contributed by atoms with Gasteiger partial charge in [0.15, 0.2) is 0 Å². The van der Waals surface area contributed by atoms with Crippen LogP contribution in [-0.2, 0) is 0 Å². The fourth-order valence-electron chi connectivity index (χ4n) is 6.67. The van der Waals surface area contributed by atoms with E-state index in [1.807, 2.05) is 22.7 Å². The van der Waals surface area contributed by atoms with E-state index in [9.17, 15) is 0 Å². The second kappa shape index (κ2) is 9.39. The van der Waals surface area contributed by atoms with Crippen molar-refractivity contribution >= 4 is 74.5 Å². The highest BCUT2D eigenvalue weighted by atomic mass is 32.1. The van der Waals surface area contributed by atoms with E-state index in [-0.39, 0.29) is 0 Å². The van der Waals surface area contributed by atoms with Gasteiger partial charge in [0.05, 0.1) is 9.40 Å². The predicted octanol–water partition coefficient (Wildman–Crippen LogP) is 12.6. The lowest BCUT2D eigenvalue weighted by atomic mass is 9.85. The van der Waals surface area contributed by atoms with Crippen molar-refractivity contribution in [1.82, 2.24) is 0 Å². The van der Waals surface area contributed by atoms with Gasteiger partial charge in [0.25, 0.3) is 0 Å². The Labute approximate surface area is 251 Å². The normalized spacial score (nSPS) is 11.8. The lowest BCUT2D eigenvalue weighted by molar-refractivity contribution is 1.67. The summed E-state index contributed by atoms with van der Waals surface area (Å²) in [6, 6.07) is 53.4. The molecule has 9 rings (SSSR count). The van der Waals surface area contributed by atoms with Crippen LogP contribution in [0, 0.1) is 0 Å². The Hall–Kier alpha value is -4.76. The van der Waals surface area contributed by atoms with Crippen molar-refractivity contribution in [3.8, 4) is 32.7 Å². The number of thiophene rings is 2. The molecule has 0 spiro atoms. The Kier molecular flexibility index (Phi) is 5.34. The smallest absolute Gasteiger partial charge is 0.0534 e. The van der Waals surface area contributed by atoms with Gasteiger partial charge in [-0.2, -0.15) is 0 Å². The summed E-state index contributed by atoms with van der Waals surface area (Å²) in [5, 5.41) is 9.21. The van der Waals surface area contributed by atoms with Crippen LogP contribution in [0.25, 0.3) is 84.5 Å². The monoisotopic (exact) mass is 568 g/mol. The molecular formula is C40H24S2. The largest absolute Gasteiger partial charge is 0.134 e. The fourth-order valence-corrected chi connectivity index (χ4v) is 9.20. The lowest BCUT2D eigenvalue weighted by Gasteiger charge is -2.18. The minimum atomic E-state index is 1.25. The molecule has 0 bridgehead atoms. The standard InChI is InChI=1S/C40H24S2/c1-3-12-25(13-4-1)35-24-27-22-23-33-38-32(20-11-21-34(38)41-40(33)39(27)42-35)37-30-18-9-7-16-28(30)36(26-14-5-2-6-15-26)29-17-8-10-19-31(29)37/h1-24H. The fraction of sp³-hybridized carbons (Fsp3) is 0. The van der Waals surface area contributed by atoms with Crippen LogP contribution in [0.1, 0.15) is 0 Å². The van der Waals surface area contributed by atoms with E-state index in [0.29, 0.717) is 0 Å². The molecule has 0 aliphatic carbocycles. The average molecular weight is 569 g/mol. The van der Waals surface area contributed by atoms with Crippen molar-refractivity contribution < 1.29 is 0 Å². The van der Waals surface area contributed by atoms with Gasteiger partial charge in [-0.1, -0.05) is 133 Å². The number of hydrogen-bond donors (Lipinski definition) is 0. The second-order valence-corrected chi connectivity index (χ2v) is 12.9. The first kappa shape index (κ1) is 23.9. The zero-order chi connectivity index (χ0) is 27.6. The maximum atomic E-state index is 2.35. The van der Waals surface area contributed by atoms with Crippen molar-refractivity contribution in [2.75, 3.05) is 0 Å². The molecule has 0 radical (unpaired) electrons. The molecule has 7 aromatic carbocycles. The van der Waals surface area contributed by atoms with Crippen molar-refractivity contribution in [2.45, 2.75) is 0 Å². The van der Waals surface area contributed by atoms with Gasteiger partial charge < -0.3 is 0 Å². The second-order valence-electron chi connectivity index (χ2n) is 10.8. The summed E-state index contributed by atoms with van der Waals surface area (Å²) in [7, 11) is 0. The van der Waals surface area contributed by atoms with Crippen molar-refractivity contribution in [3.63, 3.8) is 0 Å². The van der Waals surface area contributed by atoms with Crippen LogP contribution in [0.4, 0.5) is 0 Å². The van der Waals surface area contributed by atoms with Gasteiger partial charge in [0.2, 0.25) is 0 Å². The van der Waals surface area contributed by atoms with E-state index < -0.39 is 0 Å². The van der Waals surface area contributed by atoms with Gasteiger partial charge in [-0.05, 0) is 66.9 Å². The molecule has 0 saturated carbocycles. The Morgan fingerprint density at radius 1 is 0.381 bits per heavy atom. The molecule has 9 aromatic rings. The average Bonchev–Trinajstić information content (AvgIpc) is 3.66. The first-order chi connectivity index (χ1) is 20.8. The van der Waals surface area contributed by atoms with Crippen LogP contribution < -0.4 is 0 Å². The minimum absolute atomic E-state index is 1.25. The molecule has 0 atom stereocenters. The van der Waals surface area contributed by atoms with E-state index >= 15 is 0 Å². The summed E-state index contributed by atoms with van der Waals surface area (Å²) in [6.45, 7) is 0. The Morgan fingerprint density at radius 3 is 1.64 bits per heavy atom. The molecule has 0 saturated heterocycles. The molecule has 0 fully saturated rings. The van der Waals surface area contributed by atoms with E-state index in [0.717, 1.165) is 0 Å². The maximum absolute atomic E-state index is 2.35. The molecule has 42 heavy (non-hydrogen) atoms. The lowest BCUT2D eigenvalue weighted by Crippen LogP contribution is -1.91. The van der Waals surface area contributed by atoms with Gasteiger partial charge in [-0.3, -0.25) is 0 Å². The summed E-state index contributed by atoms with van der Waals surface area (Å²) >= 11 is 3.84. The van der Waals surface area contributed by atoms with Gasteiger partial charge in [-0.25, -0.2) is 0 Å². The molecule has 0 amide bonds. The van der Waals surface area contributed by atoms with Crippen molar-refractivity contribution in [1.29, 1.82) is 0 Å². The maximum Gasteiger partial charge on any atom is 0.0534 e. The summed E-state index contributed by atoms with van der Waals surface area (Å²) < 4.78 is 4.11. The third-order valence-corrected chi connectivity index (χ3v) is 11.0. The first-order valence-corrected chi connectivity index (χ1v) is 15.9. The van der Waals surface area contributed by atoms with E-state index in [2.05, 4.69) is 146 Å². The SMILES string of the molecule is c1ccc(-c2cc3ccc4c(sc5cccc(-c6c7ccccc7c(-c7ccccc7)c7ccccc67)c54)c3s2)cc1. The molecule has 0 unspecified atom stereocenters. The quantitative estimate of drug-likeness (QED) is 0.186. The Bertz CT molecular complexity index is 2390. The Morgan fingerprint density at radius 2 is 0.976 bits per heavy atom. The van der Waals surface area contributed by atoms with E-state index in [1.165, 1.54) is 84.5 Å². The number of rotatable bonds is 3. The van der Waals surface area contributed by atoms with Crippen LogP contribution in [-0.4, -0.2) is 0 Å². The molecule has 0 N–H and O–H groups in total. The molecule has 0 nitrogen and oxygen atoms in total. The van der Waals surface area contributed by atoms with Crippen LogP contribution >= 0.6 is 22.7 Å². The first-order valence-electron chi connectivity index (χ1n) is 14.3. The molecule has 2 heterocycles. The summed E-state index contributed by atoms with van der Waals surface area (Å²) in [6.07, 6.45) is 0. The highest BCUT2D eigenvalue weighted by Crippen LogP contribution is 2.49. The van der Waals surface area contributed by atoms with Crippen LogP contribution in [0.5, 0.6) is 0 Å². The van der Waals surface area contributed by atoms with E-state index in [4.69, 9.17) is 0 Å². The van der Waals surface area contributed by atoms with Crippen molar-refractivity contribution in [2.24, 2.45) is 0 Å². The molecule has 0 aliphatic rings. The summed E-state index contributed by atoms with van der Waals surface area (Å²) in [5.74, 6) is 0. The molecular weight excluding hydrogens is 545 g/mol. The highest BCUT2D eigenvalue weighted by Gasteiger charge is 2.20. The molecule has 0 aliphatic heterocycles. The van der Waals surface area contributed by atoms with Gasteiger partial charge >= 0.3 is 0 Å². The molecule has 2 heteroatoms. The molecule has 2 aromatic heterocycles. The minimum Gasteiger partial charge on any atom is -0.134 e. The van der Waals surface area contributed by atoms with E-state index in [1.54, 1.807) is 0 Å². The van der Waals surface area contributed by atoms with Crippen LogP contribution in [0.15, 0.2) is 146 Å². The predicted molar refractivity (Wildman–Crippen MR) is 186 cm³/mol. The third kappa shape index (κ3) is 3.53. The highest BCUT2D eigenvalue weighted by molar-refractivity contribution is 7.32. The number of benzene rings is 7. The van der Waals surface area contributed by atoms with Gasteiger partial charge in [0, 0.05) is 20.3 Å². The zero-order valence-electron chi connectivity index (χ0n) is 22.7. The third-order valence-electron chi connectivity index (χ3n) is 8.47. The zero-order valence-corrected chi connectivity index (χ0v) is 24.3. The van der Waals surface area contributed by atoms with Crippen LogP contribution in [0.3, 0.4) is 0 Å². The van der Waals surface area contributed by atoms with Crippen LogP contribution in [0.2, 0.25) is 0 Å². The number of fused-ring (bicyclic) bond motifs is 7. The topological polar surface area (TPSA) is 0 Å². The Balaban J connectivity index is 1.39. The van der Waals surface area contributed by atoms with Gasteiger partial charge in [0.1, 0.15) is 0 Å². The van der Waals surface area contributed by atoms with Crippen molar-refractivity contribution in [3.05, 3.63) is 146 Å². The molecule has 196 valence electrons. The number of hydrogen-bond acceptors (Lipinski definition) is 2. The summed E-state index contributed by atoms with van der Waals surface area (Å²) in [4.78, 5) is 1.32. The van der Waals surface area contributed by atoms with Gasteiger partial charge in [-0.15, -0.1) is 22.7 Å².